The number of carboxylic acid groups (broad SMARTS) is 1. The van der Waals surface area contributed by atoms with Gasteiger partial charge in [0.1, 0.15) is 0 Å². The number of aryl methyl sites for hydroxylation is 1. The van der Waals surface area contributed by atoms with Crippen LogP contribution >= 0.6 is 0 Å². The van der Waals surface area contributed by atoms with Crippen LogP contribution in [-0.2, 0) is 14.9 Å². The van der Waals surface area contributed by atoms with Crippen LogP contribution in [-0.4, -0.2) is 24.3 Å². The highest BCUT2D eigenvalue weighted by atomic mass is 16.5. The van der Waals surface area contributed by atoms with Crippen molar-refractivity contribution in [1.29, 1.82) is 0 Å². The van der Waals surface area contributed by atoms with Gasteiger partial charge in [-0.3, -0.25) is 4.79 Å². The van der Waals surface area contributed by atoms with E-state index in [4.69, 9.17) is 9.84 Å². The van der Waals surface area contributed by atoms with Crippen LogP contribution in [0.5, 0.6) is 0 Å². The first-order valence-electron chi connectivity index (χ1n) is 6.75. The molecule has 1 saturated heterocycles. The second-order valence-corrected chi connectivity index (χ2v) is 5.83. The van der Waals surface area contributed by atoms with E-state index in [1.54, 1.807) is 0 Å². The molecule has 3 nitrogen and oxygen atoms in total. The summed E-state index contributed by atoms with van der Waals surface area (Å²) in [6.07, 6.45) is 0.190. The molecule has 0 aliphatic carbocycles. The fourth-order valence-corrected chi connectivity index (χ4v) is 2.98. The summed E-state index contributed by atoms with van der Waals surface area (Å²) in [5.41, 5.74) is 4.99. The molecule has 0 spiro atoms. The van der Waals surface area contributed by atoms with Gasteiger partial charge in [0.15, 0.2) is 0 Å². The average molecular weight is 262 g/mol. The highest BCUT2D eigenvalue weighted by Gasteiger charge is 2.46. The summed E-state index contributed by atoms with van der Waals surface area (Å²) in [5, 5.41) is 9.04. The van der Waals surface area contributed by atoms with E-state index in [0.717, 1.165) is 0 Å². The third kappa shape index (κ3) is 2.27. The fourth-order valence-electron chi connectivity index (χ4n) is 2.98. The average Bonchev–Trinajstić information content (AvgIpc) is 2.26. The van der Waals surface area contributed by atoms with Crippen molar-refractivity contribution in [1.82, 2.24) is 0 Å². The van der Waals surface area contributed by atoms with Gasteiger partial charge in [-0.25, -0.2) is 0 Å². The summed E-state index contributed by atoms with van der Waals surface area (Å²) in [4.78, 5) is 11.0. The van der Waals surface area contributed by atoms with Crippen LogP contribution in [0, 0.1) is 26.7 Å². The van der Waals surface area contributed by atoms with Crippen LogP contribution in [0.3, 0.4) is 0 Å². The lowest BCUT2D eigenvalue weighted by Gasteiger charge is -2.47. The lowest BCUT2D eigenvalue weighted by molar-refractivity contribution is -0.142. The molecule has 0 aromatic heterocycles. The van der Waals surface area contributed by atoms with Crippen molar-refractivity contribution >= 4 is 5.97 Å². The van der Waals surface area contributed by atoms with Crippen molar-refractivity contribution < 1.29 is 14.6 Å². The van der Waals surface area contributed by atoms with E-state index in [2.05, 4.69) is 32.9 Å². The summed E-state index contributed by atoms with van der Waals surface area (Å²) in [6.45, 7) is 9.64. The summed E-state index contributed by atoms with van der Waals surface area (Å²) in [7, 11) is 0. The van der Waals surface area contributed by atoms with Crippen molar-refractivity contribution in [2.24, 2.45) is 5.92 Å². The van der Waals surface area contributed by atoms with E-state index in [1.165, 1.54) is 22.3 Å². The van der Waals surface area contributed by atoms with E-state index in [1.807, 2.05) is 6.92 Å². The molecule has 1 atom stereocenters. The normalized spacial score (nSPS) is 18.7. The van der Waals surface area contributed by atoms with Gasteiger partial charge in [0.2, 0.25) is 0 Å². The van der Waals surface area contributed by atoms with Gasteiger partial charge < -0.3 is 9.84 Å². The van der Waals surface area contributed by atoms with Crippen molar-refractivity contribution in [3.8, 4) is 0 Å². The molecule has 1 N–H and O–H groups in total. The molecule has 0 saturated carbocycles. The smallest absolute Gasteiger partial charge is 0.303 e. The van der Waals surface area contributed by atoms with E-state index in [0.29, 0.717) is 13.2 Å². The number of hydrogen-bond donors (Lipinski definition) is 1. The maximum atomic E-state index is 11.0. The number of aliphatic carboxylic acids is 1. The van der Waals surface area contributed by atoms with Gasteiger partial charge in [-0.1, -0.05) is 19.1 Å². The van der Waals surface area contributed by atoms with E-state index < -0.39 is 5.97 Å². The van der Waals surface area contributed by atoms with Crippen molar-refractivity contribution in [2.45, 2.75) is 39.5 Å². The van der Waals surface area contributed by atoms with Gasteiger partial charge in [0.25, 0.3) is 0 Å². The molecule has 1 aliphatic heterocycles. The van der Waals surface area contributed by atoms with E-state index in [9.17, 15) is 4.79 Å². The van der Waals surface area contributed by atoms with Crippen LogP contribution in [0.1, 0.15) is 35.6 Å². The number of carbonyl (C=O) groups is 1. The lowest BCUT2D eigenvalue weighted by atomic mass is 9.66. The minimum absolute atomic E-state index is 0.0829. The fraction of sp³-hybridized carbons (Fsp3) is 0.562. The zero-order valence-electron chi connectivity index (χ0n) is 12.1. The number of hydrogen-bond acceptors (Lipinski definition) is 2. The Morgan fingerprint density at radius 2 is 1.95 bits per heavy atom. The predicted molar refractivity (Wildman–Crippen MR) is 74.6 cm³/mol. The Morgan fingerprint density at radius 1 is 1.32 bits per heavy atom. The second-order valence-electron chi connectivity index (χ2n) is 5.83. The van der Waals surface area contributed by atoms with Crippen LogP contribution in [0.2, 0.25) is 0 Å². The second kappa shape index (κ2) is 4.97. The van der Waals surface area contributed by atoms with Crippen molar-refractivity contribution in [3.63, 3.8) is 0 Å². The summed E-state index contributed by atoms with van der Waals surface area (Å²) >= 11 is 0. The molecule has 1 fully saturated rings. The zero-order chi connectivity index (χ0) is 14.2. The summed E-state index contributed by atoms with van der Waals surface area (Å²) in [5.74, 6) is -0.653. The molecule has 1 unspecified atom stereocenters. The lowest BCUT2D eigenvalue weighted by Crippen LogP contribution is -2.52. The number of benzene rings is 1. The quantitative estimate of drug-likeness (QED) is 0.907. The first kappa shape index (κ1) is 14.1. The largest absolute Gasteiger partial charge is 0.481 e. The molecule has 3 heteroatoms. The van der Waals surface area contributed by atoms with E-state index in [-0.39, 0.29) is 17.8 Å². The molecule has 2 rings (SSSR count). The Kier molecular flexibility index (Phi) is 3.68. The van der Waals surface area contributed by atoms with Crippen molar-refractivity contribution in [3.05, 3.63) is 34.4 Å². The van der Waals surface area contributed by atoms with Gasteiger partial charge in [-0.05, 0) is 48.9 Å². The Labute approximate surface area is 114 Å². The first-order chi connectivity index (χ1) is 8.88. The highest BCUT2D eigenvalue weighted by Crippen LogP contribution is 2.43. The molecule has 19 heavy (non-hydrogen) atoms. The van der Waals surface area contributed by atoms with E-state index >= 15 is 0 Å². The third-order valence-corrected chi connectivity index (χ3v) is 4.74. The molecule has 0 bridgehead atoms. The molecule has 1 aromatic rings. The van der Waals surface area contributed by atoms with Gasteiger partial charge in [0.05, 0.1) is 13.2 Å². The number of rotatable bonds is 4. The number of ether oxygens (including phenoxy) is 1. The minimum atomic E-state index is -0.736. The maximum absolute atomic E-state index is 11.0. The molecular weight excluding hydrogens is 240 g/mol. The Balaban J connectivity index is 2.42. The summed E-state index contributed by atoms with van der Waals surface area (Å²) in [6, 6.07) is 4.28. The predicted octanol–water partition coefficient (Wildman–Crippen LogP) is 2.99. The Morgan fingerprint density at radius 3 is 2.42 bits per heavy atom. The van der Waals surface area contributed by atoms with Gasteiger partial charge >= 0.3 is 5.97 Å². The summed E-state index contributed by atoms with van der Waals surface area (Å²) < 4.78 is 5.43. The van der Waals surface area contributed by atoms with Gasteiger partial charge in [-0.15, -0.1) is 0 Å². The monoisotopic (exact) mass is 262 g/mol. The zero-order valence-corrected chi connectivity index (χ0v) is 12.1. The highest BCUT2D eigenvalue weighted by molar-refractivity contribution is 5.67. The molecule has 1 aromatic carbocycles. The molecule has 1 heterocycles. The Bertz CT molecular complexity index is 501. The standard InChI is InChI=1S/C16H22O3/c1-10-5-6-14(13(4)12(10)3)16(8-19-9-16)11(2)7-15(17)18/h5-6,11H,7-9H2,1-4H3,(H,17,18). The molecular formula is C16H22O3. The minimum Gasteiger partial charge on any atom is -0.481 e. The topological polar surface area (TPSA) is 46.5 Å². The molecule has 0 amide bonds. The van der Waals surface area contributed by atoms with Gasteiger partial charge in [0, 0.05) is 11.8 Å². The molecule has 104 valence electrons. The van der Waals surface area contributed by atoms with Crippen LogP contribution < -0.4 is 0 Å². The third-order valence-electron chi connectivity index (χ3n) is 4.74. The van der Waals surface area contributed by atoms with Crippen LogP contribution in [0.4, 0.5) is 0 Å². The van der Waals surface area contributed by atoms with Gasteiger partial charge in [-0.2, -0.15) is 0 Å². The number of carboxylic acids is 1. The maximum Gasteiger partial charge on any atom is 0.303 e. The van der Waals surface area contributed by atoms with Crippen LogP contribution in [0.25, 0.3) is 0 Å². The van der Waals surface area contributed by atoms with Crippen LogP contribution in [0.15, 0.2) is 12.1 Å². The van der Waals surface area contributed by atoms with Crippen molar-refractivity contribution in [2.75, 3.05) is 13.2 Å². The molecule has 0 radical (unpaired) electrons. The Hall–Kier alpha value is -1.35. The molecule has 1 aliphatic rings. The SMILES string of the molecule is Cc1ccc(C2(C(C)CC(=O)O)COC2)c(C)c1C. The first-order valence-corrected chi connectivity index (χ1v) is 6.75.